The third kappa shape index (κ3) is 4.31. The molecule has 0 unspecified atom stereocenters. The molecule has 0 aromatic heterocycles. The summed E-state index contributed by atoms with van der Waals surface area (Å²) >= 11 is 0. The van der Waals surface area contributed by atoms with Gasteiger partial charge in [0.05, 0.1) is 6.42 Å². The highest BCUT2D eigenvalue weighted by atomic mass is 19.4. The van der Waals surface area contributed by atoms with Gasteiger partial charge < -0.3 is 5.32 Å². The fourth-order valence-corrected chi connectivity index (χ4v) is 2.07. The van der Waals surface area contributed by atoms with Crippen LogP contribution in [0.3, 0.4) is 0 Å². The number of hydrogen-bond acceptors (Lipinski definition) is 1. The van der Waals surface area contributed by atoms with Gasteiger partial charge in [0.2, 0.25) is 0 Å². The maximum Gasteiger partial charge on any atom is 0.390 e. The van der Waals surface area contributed by atoms with Crippen LogP contribution in [0.15, 0.2) is 0 Å². The molecular formula is C10H18F3N. The van der Waals surface area contributed by atoms with Crippen molar-refractivity contribution >= 4 is 0 Å². The Morgan fingerprint density at radius 2 is 1.86 bits per heavy atom. The molecule has 14 heavy (non-hydrogen) atoms. The van der Waals surface area contributed by atoms with Gasteiger partial charge in [0.1, 0.15) is 0 Å². The lowest BCUT2D eigenvalue weighted by atomic mass is 10.00. The Morgan fingerprint density at radius 1 is 1.29 bits per heavy atom. The van der Waals surface area contributed by atoms with Crippen molar-refractivity contribution in [3.63, 3.8) is 0 Å². The van der Waals surface area contributed by atoms with Gasteiger partial charge in [-0.15, -0.1) is 0 Å². The lowest BCUT2D eigenvalue weighted by Crippen LogP contribution is -2.34. The Balaban J connectivity index is 2.11. The van der Waals surface area contributed by atoms with Gasteiger partial charge in [-0.2, -0.15) is 13.2 Å². The van der Waals surface area contributed by atoms with Crippen LogP contribution in [0.4, 0.5) is 13.2 Å². The summed E-state index contributed by atoms with van der Waals surface area (Å²) in [6.45, 7) is 2.05. The van der Waals surface area contributed by atoms with Crippen LogP contribution in [0.2, 0.25) is 0 Å². The Bertz CT molecular complexity index is 161. The largest absolute Gasteiger partial charge is 0.390 e. The van der Waals surface area contributed by atoms with Gasteiger partial charge in [0.25, 0.3) is 0 Å². The summed E-state index contributed by atoms with van der Waals surface area (Å²) in [5, 5.41) is 2.96. The minimum Gasteiger partial charge on any atom is -0.314 e. The van der Waals surface area contributed by atoms with Crippen molar-refractivity contribution in [2.75, 3.05) is 6.54 Å². The molecule has 0 amide bonds. The summed E-state index contributed by atoms with van der Waals surface area (Å²) in [5.74, 6) is 0.586. The summed E-state index contributed by atoms with van der Waals surface area (Å²) in [4.78, 5) is 0. The van der Waals surface area contributed by atoms with Crippen molar-refractivity contribution in [3.05, 3.63) is 0 Å². The lowest BCUT2D eigenvalue weighted by molar-refractivity contribution is -0.133. The highest BCUT2D eigenvalue weighted by Gasteiger charge is 2.27. The lowest BCUT2D eigenvalue weighted by Gasteiger charge is -2.20. The zero-order valence-corrected chi connectivity index (χ0v) is 8.53. The van der Waals surface area contributed by atoms with Crippen molar-refractivity contribution in [2.45, 2.75) is 51.2 Å². The zero-order valence-electron chi connectivity index (χ0n) is 8.53. The second-order valence-corrected chi connectivity index (χ2v) is 4.15. The van der Waals surface area contributed by atoms with Gasteiger partial charge in [-0.25, -0.2) is 0 Å². The van der Waals surface area contributed by atoms with Crippen LogP contribution < -0.4 is 5.32 Å². The first-order valence-electron chi connectivity index (χ1n) is 5.29. The Morgan fingerprint density at radius 3 is 2.36 bits per heavy atom. The van der Waals surface area contributed by atoms with Crippen molar-refractivity contribution in [3.8, 4) is 0 Å². The van der Waals surface area contributed by atoms with E-state index in [1.807, 2.05) is 6.92 Å². The number of rotatable bonds is 4. The molecule has 0 radical (unpaired) electrons. The van der Waals surface area contributed by atoms with E-state index in [2.05, 4.69) is 5.32 Å². The molecule has 1 saturated carbocycles. The van der Waals surface area contributed by atoms with E-state index < -0.39 is 12.6 Å². The summed E-state index contributed by atoms with van der Waals surface area (Å²) in [6.07, 6.45) is 0.0543. The van der Waals surface area contributed by atoms with E-state index in [9.17, 15) is 13.2 Å². The molecule has 0 spiro atoms. The van der Waals surface area contributed by atoms with Crippen LogP contribution >= 0.6 is 0 Å². The molecule has 1 aliphatic carbocycles. The van der Waals surface area contributed by atoms with E-state index in [0.717, 1.165) is 0 Å². The zero-order chi connectivity index (χ0) is 10.6. The minimum absolute atomic E-state index is 0.0567. The molecule has 0 aromatic rings. The first-order chi connectivity index (χ1) is 6.49. The van der Waals surface area contributed by atoms with Gasteiger partial charge in [0.15, 0.2) is 0 Å². The van der Waals surface area contributed by atoms with E-state index in [4.69, 9.17) is 0 Å². The standard InChI is InChI=1S/C10H18F3N/c1-8(9-4-2-3-5-9)14-7-6-10(11,12)13/h8-9,14H,2-7H2,1H3/t8-/m1/s1. The predicted octanol–water partition coefficient (Wildman–Crippen LogP) is 3.11. The monoisotopic (exact) mass is 209 g/mol. The fraction of sp³-hybridized carbons (Fsp3) is 1.00. The topological polar surface area (TPSA) is 12.0 Å². The summed E-state index contributed by atoms with van der Waals surface area (Å²) < 4.78 is 35.5. The minimum atomic E-state index is -4.03. The van der Waals surface area contributed by atoms with Crippen LogP contribution in [0.5, 0.6) is 0 Å². The molecule has 1 aliphatic rings. The van der Waals surface area contributed by atoms with E-state index >= 15 is 0 Å². The van der Waals surface area contributed by atoms with E-state index in [-0.39, 0.29) is 12.6 Å². The molecule has 0 aromatic carbocycles. The number of hydrogen-bond donors (Lipinski definition) is 1. The molecule has 1 N–H and O–H groups in total. The maximum atomic E-state index is 11.8. The normalized spacial score (nSPS) is 21.4. The SMILES string of the molecule is C[C@@H](NCCC(F)(F)F)C1CCCC1. The molecule has 0 saturated heterocycles. The number of alkyl halides is 3. The third-order valence-electron chi connectivity index (χ3n) is 2.98. The van der Waals surface area contributed by atoms with E-state index in [1.165, 1.54) is 25.7 Å². The summed E-state index contributed by atoms with van der Waals surface area (Å²) in [7, 11) is 0. The molecule has 1 atom stereocenters. The predicted molar refractivity (Wildman–Crippen MR) is 50.1 cm³/mol. The van der Waals surface area contributed by atoms with Crippen LogP contribution in [0, 0.1) is 5.92 Å². The average molecular weight is 209 g/mol. The van der Waals surface area contributed by atoms with Crippen molar-refractivity contribution < 1.29 is 13.2 Å². The maximum absolute atomic E-state index is 11.8. The Labute approximate surface area is 83.1 Å². The quantitative estimate of drug-likeness (QED) is 0.750. The number of halogens is 3. The molecule has 1 rings (SSSR count). The molecule has 0 aliphatic heterocycles. The third-order valence-corrected chi connectivity index (χ3v) is 2.98. The summed E-state index contributed by atoms with van der Waals surface area (Å²) in [5.41, 5.74) is 0. The van der Waals surface area contributed by atoms with E-state index in [1.54, 1.807) is 0 Å². The van der Waals surface area contributed by atoms with E-state index in [0.29, 0.717) is 5.92 Å². The average Bonchev–Trinajstić information content (AvgIpc) is 2.53. The Kier molecular flexibility index (Phi) is 4.23. The van der Waals surface area contributed by atoms with Crippen molar-refractivity contribution in [2.24, 2.45) is 5.92 Å². The van der Waals surface area contributed by atoms with Crippen LogP contribution in [-0.2, 0) is 0 Å². The first kappa shape index (κ1) is 11.8. The molecule has 84 valence electrons. The van der Waals surface area contributed by atoms with Crippen LogP contribution in [0.1, 0.15) is 39.0 Å². The number of nitrogens with one attached hydrogen (secondary N) is 1. The second kappa shape index (κ2) is 5.01. The van der Waals surface area contributed by atoms with Gasteiger partial charge in [0, 0.05) is 12.6 Å². The molecule has 1 fully saturated rings. The van der Waals surface area contributed by atoms with Gasteiger partial charge in [-0.1, -0.05) is 12.8 Å². The molecule has 0 bridgehead atoms. The fourth-order valence-electron chi connectivity index (χ4n) is 2.07. The molecular weight excluding hydrogens is 191 g/mol. The Hall–Kier alpha value is -0.250. The second-order valence-electron chi connectivity index (χ2n) is 4.15. The first-order valence-corrected chi connectivity index (χ1v) is 5.29. The highest BCUT2D eigenvalue weighted by Crippen LogP contribution is 2.27. The van der Waals surface area contributed by atoms with Crippen LogP contribution in [0.25, 0.3) is 0 Å². The van der Waals surface area contributed by atoms with Gasteiger partial charge in [-0.05, 0) is 25.7 Å². The highest BCUT2D eigenvalue weighted by molar-refractivity contribution is 4.77. The van der Waals surface area contributed by atoms with Gasteiger partial charge in [-0.3, -0.25) is 0 Å². The van der Waals surface area contributed by atoms with Crippen molar-refractivity contribution in [1.82, 2.24) is 5.32 Å². The van der Waals surface area contributed by atoms with Crippen molar-refractivity contribution in [1.29, 1.82) is 0 Å². The molecule has 0 heterocycles. The smallest absolute Gasteiger partial charge is 0.314 e. The van der Waals surface area contributed by atoms with Crippen LogP contribution in [-0.4, -0.2) is 18.8 Å². The molecule has 1 nitrogen and oxygen atoms in total. The van der Waals surface area contributed by atoms with Gasteiger partial charge >= 0.3 is 6.18 Å². The summed E-state index contributed by atoms with van der Waals surface area (Å²) in [6, 6.07) is 0.236. The molecule has 4 heteroatoms.